The lowest BCUT2D eigenvalue weighted by atomic mass is 9.83. The van der Waals surface area contributed by atoms with Crippen molar-refractivity contribution in [1.82, 2.24) is 5.32 Å². The molecule has 2 aliphatic rings. The number of rotatable bonds is 6. The third-order valence-corrected chi connectivity index (χ3v) is 6.56. The zero-order chi connectivity index (χ0) is 21.7. The predicted molar refractivity (Wildman–Crippen MR) is 128 cm³/mol. The first-order valence-electron chi connectivity index (χ1n) is 11.2. The molecule has 3 heteroatoms. The molecule has 3 rings (SSSR count). The summed E-state index contributed by atoms with van der Waals surface area (Å²) in [6.07, 6.45) is 10.3. The summed E-state index contributed by atoms with van der Waals surface area (Å²) < 4.78 is 0. The molecule has 0 radical (unpaired) electrons. The zero-order valence-corrected chi connectivity index (χ0v) is 18.8. The summed E-state index contributed by atoms with van der Waals surface area (Å²) in [4.78, 5) is 14.6. The molecule has 1 aromatic carbocycles. The molecule has 1 aliphatic carbocycles. The van der Waals surface area contributed by atoms with Crippen molar-refractivity contribution < 1.29 is 4.79 Å². The largest absolute Gasteiger partial charge is 0.348 e. The maximum Gasteiger partial charge on any atom is 0.180 e. The van der Waals surface area contributed by atoms with Crippen LogP contribution in [0.25, 0.3) is 0 Å². The molecule has 3 nitrogen and oxygen atoms in total. The summed E-state index contributed by atoms with van der Waals surface area (Å²) in [5.41, 5.74) is 6.33. The quantitative estimate of drug-likeness (QED) is 0.472. The molecule has 0 aromatic heterocycles. The van der Waals surface area contributed by atoms with Crippen molar-refractivity contribution in [2.45, 2.75) is 57.9 Å². The Morgan fingerprint density at radius 3 is 2.57 bits per heavy atom. The summed E-state index contributed by atoms with van der Waals surface area (Å²) in [5, 5.41) is 3.70. The summed E-state index contributed by atoms with van der Waals surface area (Å²) in [5.74, 6) is 0.922. The second-order valence-electron chi connectivity index (χ2n) is 8.73. The molecule has 2 unspecified atom stereocenters. The number of ketones is 1. The van der Waals surface area contributed by atoms with Crippen LogP contribution in [0.15, 0.2) is 72.5 Å². The SMILES string of the molecule is C=CC(=O)/C1=C\CC2NCCC(N(C)c3ccc(C(C)C)cc3)=C2C(C=C)CCC1. The van der Waals surface area contributed by atoms with Crippen molar-refractivity contribution in [1.29, 1.82) is 0 Å². The molecule has 160 valence electrons. The number of anilines is 1. The van der Waals surface area contributed by atoms with Crippen LogP contribution in [0, 0.1) is 5.92 Å². The van der Waals surface area contributed by atoms with Crippen molar-refractivity contribution >= 4 is 11.5 Å². The molecule has 0 amide bonds. The molecule has 1 heterocycles. The van der Waals surface area contributed by atoms with Gasteiger partial charge in [-0.15, -0.1) is 6.58 Å². The van der Waals surface area contributed by atoms with E-state index in [1.165, 1.54) is 28.6 Å². The molecule has 1 N–H and O–H groups in total. The standard InChI is InChI=1S/C27H36N2O/c1-6-20-9-8-10-22(26(30)7-2)13-16-24-27(20)25(17-18-28-24)29(5)23-14-11-21(12-15-23)19(3)4/h6-7,11-15,19-20,24,28H,1-2,8-10,16-18H2,3-5H3/b22-13-. The third kappa shape index (κ3) is 4.84. The van der Waals surface area contributed by atoms with E-state index in [-0.39, 0.29) is 11.8 Å². The molecule has 0 saturated heterocycles. The van der Waals surface area contributed by atoms with Crippen molar-refractivity contribution in [2.75, 3.05) is 18.5 Å². The third-order valence-electron chi connectivity index (χ3n) is 6.56. The van der Waals surface area contributed by atoms with Crippen LogP contribution in [0.3, 0.4) is 0 Å². The van der Waals surface area contributed by atoms with E-state index in [0.29, 0.717) is 11.8 Å². The van der Waals surface area contributed by atoms with Crippen molar-refractivity contribution in [2.24, 2.45) is 5.92 Å². The maximum absolute atomic E-state index is 12.2. The monoisotopic (exact) mass is 404 g/mol. The predicted octanol–water partition coefficient (Wildman–Crippen LogP) is 5.92. The number of hydrogen-bond donors (Lipinski definition) is 1. The van der Waals surface area contributed by atoms with Gasteiger partial charge in [-0.2, -0.15) is 0 Å². The minimum Gasteiger partial charge on any atom is -0.348 e. The van der Waals surface area contributed by atoms with Gasteiger partial charge in [0, 0.05) is 43.4 Å². The van der Waals surface area contributed by atoms with Crippen LogP contribution in [0.1, 0.15) is 57.4 Å². The Morgan fingerprint density at radius 2 is 1.93 bits per heavy atom. The van der Waals surface area contributed by atoms with Gasteiger partial charge in [-0.1, -0.05) is 44.7 Å². The Labute approximate surface area is 182 Å². The number of hydrogen-bond acceptors (Lipinski definition) is 3. The number of carbonyl (C=O) groups is 1. The lowest BCUT2D eigenvalue weighted by Gasteiger charge is -2.37. The van der Waals surface area contributed by atoms with E-state index >= 15 is 0 Å². The minimum atomic E-state index is 0.0657. The van der Waals surface area contributed by atoms with E-state index in [1.54, 1.807) is 0 Å². The molecule has 1 aliphatic heterocycles. The average Bonchev–Trinajstić information content (AvgIpc) is 2.86. The maximum atomic E-state index is 12.2. The van der Waals surface area contributed by atoms with Gasteiger partial charge in [0.2, 0.25) is 0 Å². The fraction of sp³-hybridized carbons (Fsp3) is 0.444. The van der Waals surface area contributed by atoms with Crippen molar-refractivity contribution in [3.05, 3.63) is 78.1 Å². The summed E-state index contributed by atoms with van der Waals surface area (Å²) >= 11 is 0. The summed E-state index contributed by atoms with van der Waals surface area (Å²) in [7, 11) is 2.18. The second kappa shape index (κ2) is 10.1. The molecule has 0 bridgehead atoms. The number of allylic oxidation sites excluding steroid dienone is 3. The van der Waals surface area contributed by atoms with Crippen LogP contribution in [0.4, 0.5) is 5.69 Å². The normalized spacial score (nSPS) is 24.1. The Balaban J connectivity index is 1.98. The highest BCUT2D eigenvalue weighted by molar-refractivity contribution is 6.03. The van der Waals surface area contributed by atoms with E-state index < -0.39 is 0 Å². The van der Waals surface area contributed by atoms with Gasteiger partial charge in [0.15, 0.2) is 5.78 Å². The number of fused-ring (bicyclic) bond motifs is 1. The van der Waals surface area contributed by atoms with Crippen molar-refractivity contribution in [3.63, 3.8) is 0 Å². The van der Waals surface area contributed by atoms with Gasteiger partial charge >= 0.3 is 0 Å². The summed E-state index contributed by atoms with van der Waals surface area (Å²) in [6, 6.07) is 9.19. The Bertz CT molecular complexity index is 844. The molecular formula is C27H36N2O. The number of benzene rings is 1. The summed E-state index contributed by atoms with van der Waals surface area (Å²) in [6.45, 7) is 13.2. The molecular weight excluding hydrogens is 368 g/mol. The van der Waals surface area contributed by atoms with Crippen LogP contribution < -0.4 is 10.2 Å². The van der Waals surface area contributed by atoms with Gasteiger partial charge in [0.25, 0.3) is 0 Å². The van der Waals surface area contributed by atoms with Crippen LogP contribution >= 0.6 is 0 Å². The molecule has 1 aromatic rings. The highest BCUT2D eigenvalue weighted by atomic mass is 16.1. The van der Waals surface area contributed by atoms with E-state index in [1.807, 2.05) is 0 Å². The van der Waals surface area contributed by atoms with E-state index in [4.69, 9.17) is 0 Å². The smallest absolute Gasteiger partial charge is 0.180 e. The highest BCUT2D eigenvalue weighted by Crippen LogP contribution is 2.36. The first kappa shape index (κ1) is 22.3. The van der Waals surface area contributed by atoms with E-state index in [9.17, 15) is 4.79 Å². The van der Waals surface area contributed by atoms with Crippen LogP contribution in [0.5, 0.6) is 0 Å². The van der Waals surface area contributed by atoms with E-state index in [0.717, 1.165) is 44.2 Å². The first-order valence-corrected chi connectivity index (χ1v) is 11.2. The minimum absolute atomic E-state index is 0.0657. The van der Waals surface area contributed by atoms with Gasteiger partial charge in [-0.3, -0.25) is 4.79 Å². The number of carbonyl (C=O) groups excluding carboxylic acids is 1. The number of nitrogens with one attached hydrogen (secondary N) is 1. The van der Waals surface area contributed by atoms with E-state index in [2.05, 4.69) is 80.7 Å². The Morgan fingerprint density at radius 1 is 1.20 bits per heavy atom. The topological polar surface area (TPSA) is 32.3 Å². The molecule has 0 saturated carbocycles. The Kier molecular flexibility index (Phi) is 7.49. The van der Waals surface area contributed by atoms with Gasteiger partial charge in [0.1, 0.15) is 0 Å². The fourth-order valence-electron chi connectivity index (χ4n) is 4.73. The molecule has 0 spiro atoms. The molecule has 2 atom stereocenters. The van der Waals surface area contributed by atoms with Gasteiger partial charge in [0.05, 0.1) is 0 Å². The molecule has 0 fully saturated rings. The van der Waals surface area contributed by atoms with Crippen LogP contribution in [-0.2, 0) is 4.79 Å². The first-order chi connectivity index (χ1) is 14.5. The van der Waals surface area contributed by atoms with Gasteiger partial charge < -0.3 is 10.2 Å². The van der Waals surface area contributed by atoms with Crippen molar-refractivity contribution in [3.8, 4) is 0 Å². The zero-order valence-electron chi connectivity index (χ0n) is 18.8. The molecule has 30 heavy (non-hydrogen) atoms. The highest BCUT2D eigenvalue weighted by Gasteiger charge is 2.30. The fourth-order valence-corrected chi connectivity index (χ4v) is 4.73. The lowest BCUT2D eigenvalue weighted by Crippen LogP contribution is -2.41. The van der Waals surface area contributed by atoms with Crippen LogP contribution in [-0.4, -0.2) is 25.4 Å². The van der Waals surface area contributed by atoms with Gasteiger partial charge in [-0.25, -0.2) is 0 Å². The average molecular weight is 405 g/mol. The number of nitrogens with zero attached hydrogens (tertiary/aromatic N) is 1. The Hall–Kier alpha value is -2.39. The lowest BCUT2D eigenvalue weighted by molar-refractivity contribution is -0.111. The second-order valence-corrected chi connectivity index (χ2v) is 8.73. The van der Waals surface area contributed by atoms with Crippen LogP contribution in [0.2, 0.25) is 0 Å². The van der Waals surface area contributed by atoms with Gasteiger partial charge in [-0.05, 0) is 66.5 Å².